The average Bonchev–Trinajstić information content (AvgIpc) is 2.85. The summed E-state index contributed by atoms with van der Waals surface area (Å²) in [6, 6.07) is 9.76. The second kappa shape index (κ2) is 11.0. The third-order valence-corrected chi connectivity index (χ3v) is 4.97. The largest absolute Gasteiger partial charge is 0.480 e. The number of nitrogens with zero attached hydrogens (tertiary/aromatic N) is 4. The molecule has 2 aromatic heterocycles. The fourth-order valence-corrected chi connectivity index (χ4v) is 3.29. The molecule has 0 bridgehead atoms. The number of benzene rings is 1. The van der Waals surface area contributed by atoms with Crippen LogP contribution in [-0.4, -0.2) is 48.4 Å². The first-order valence-electron chi connectivity index (χ1n) is 10.9. The first-order chi connectivity index (χ1) is 15.9. The molecule has 1 saturated heterocycles. The Hall–Kier alpha value is -3.33. The van der Waals surface area contributed by atoms with Gasteiger partial charge >= 0.3 is 0 Å². The Morgan fingerprint density at radius 1 is 1.03 bits per heavy atom. The first-order valence-corrected chi connectivity index (χ1v) is 10.9. The van der Waals surface area contributed by atoms with E-state index in [2.05, 4.69) is 25.2 Å². The predicted octanol–water partition coefficient (Wildman–Crippen LogP) is 5.27. The zero-order chi connectivity index (χ0) is 23.8. The van der Waals surface area contributed by atoms with Crippen LogP contribution >= 0.6 is 0 Å². The van der Waals surface area contributed by atoms with Crippen molar-refractivity contribution in [3.8, 4) is 17.0 Å². The molecule has 7 nitrogen and oxygen atoms in total. The van der Waals surface area contributed by atoms with Crippen LogP contribution in [0.2, 0.25) is 0 Å². The maximum absolute atomic E-state index is 13.5. The number of aromatic nitrogens is 3. The highest BCUT2D eigenvalue weighted by molar-refractivity contribution is 5.72. The van der Waals surface area contributed by atoms with Crippen LogP contribution in [0.25, 0.3) is 11.1 Å². The molecule has 1 fully saturated rings. The summed E-state index contributed by atoms with van der Waals surface area (Å²) in [5.74, 6) is -1.27. The zero-order valence-electron chi connectivity index (χ0n) is 19.3. The number of alkyl halides is 2. The van der Waals surface area contributed by atoms with Gasteiger partial charge in [-0.15, -0.1) is 0 Å². The molecule has 1 N–H and O–H groups in total. The van der Waals surface area contributed by atoms with Gasteiger partial charge < -0.3 is 19.7 Å². The standard InChI is InChI=1S/C22H23F2N5O2.C2H6/c1-22(23,24)17-5-3-15(4-6-17)16-13-18(20(30-2)26-14-16)27-19-7-8-25-21(28-19)29-9-11-31-12-10-29;1-2/h3-8,13-14H,9-12H2,1-2H3,(H,25,27,28);1-2H3. The predicted molar refractivity (Wildman–Crippen MR) is 125 cm³/mol. The normalized spacial score (nSPS) is 13.7. The van der Waals surface area contributed by atoms with E-state index in [-0.39, 0.29) is 5.56 Å². The van der Waals surface area contributed by atoms with Crippen LogP contribution in [0.15, 0.2) is 48.8 Å². The van der Waals surface area contributed by atoms with Crippen LogP contribution in [0.5, 0.6) is 5.88 Å². The molecule has 0 atom stereocenters. The molecule has 176 valence electrons. The van der Waals surface area contributed by atoms with Crippen LogP contribution in [0.1, 0.15) is 26.3 Å². The second-order valence-corrected chi connectivity index (χ2v) is 7.21. The summed E-state index contributed by atoms with van der Waals surface area (Å²) in [7, 11) is 1.53. The van der Waals surface area contributed by atoms with Gasteiger partial charge in [0.05, 0.1) is 20.3 Å². The minimum atomic E-state index is -2.88. The lowest BCUT2D eigenvalue weighted by molar-refractivity contribution is 0.0175. The van der Waals surface area contributed by atoms with Crippen molar-refractivity contribution in [1.82, 2.24) is 15.0 Å². The quantitative estimate of drug-likeness (QED) is 0.541. The third-order valence-electron chi connectivity index (χ3n) is 4.97. The van der Waals surface area contributed by atoms with Crippen molar-refractivity contribution in [2.24, 2.45) is 0 Å². The number of hydrogen-bond acceptors (Lipinski definition) is 7. The van der Waals surface area contributed by atoms with Crippen molar-refractivity contribution >= 4 is 17.5 Å². The summed E-state index contributed by atoms with van der Waals surface area (Å²) in [5.41, 5.74) is 2.10. The monoisotopic (exact) mass is 457 g/mol. The molecule has 0 radical (unpaired) electrons. The van der Waals surface area contributed by atoms with Crippen LogP contribution in [0.3, 0.4) is 0 Å². The van der Waals surface area contributed by atoms with Crippen LogP contribution < -0.4 is 15.0 Å². The van der Waals surface area contributed by atoms with Gasteiger partial charge in [0, 0.05) is 43.5 Å². The van der Waals surface area contributed by atoms with E-state index in [0.717, 1.165) is 31.1 Å². The molecule has 1 aliphatic heterocycles. The second-order valence-electron chi connectivity index (χ2n) is 7.21. The van der Waals surface area contributed by atoms with E-state index < -0.39 is 5.92 Å². The molecular weight excluding hydrogens is 428 g/mol. The Morgan fingerprint density at radius 2 is 1.73 bits per heavy atom. The Labute approximate surface area is 192 Å². The molecule has 1 aromatic carbocycles. The molecule has 1 aliphatic rings. The van der Waals surface area contributed by atoms with Gasteiger partial charge in [-0.2, -0.15) is 4.98 Å². The van der Waals surface area contributed by atoms with Crippen molar-refractivity contribution in [2.45, 2.75) is 26.7 Å². The Kier molecular flexibility index (Phi) is 8.11. The molecular formula is C24H29F2N5O2. The summed E-state index contributed by atoms with van der Waals surface area (Å²) >= 11 is 0. The zero-order valence-corrected chi connectivity index (χ0v) is 19.3. The fourth-order valence-electron chi connectivity index (χ4n) is 3.29. The lowest BCUT2D eigenvalue weighted by Crippen LogP contribution is -2.37. The number of halogens is 2. The fraction of sp³-hybridized carbons (Fsp3) is 0.375. The lowest BCUT2D eigenvalue weighted by Gasteiger charge is -2.26. The summed E-state index contributed by atoms with van der Waals surface area (Å²) in [6.07, 6.45) is 3.33. The molecule has 33 heavy (non-hydrogen) atoms. The molecule has 0 unspecified atom stereocenters. The number of anilines is 3. The van der Waals surface area contributed by atoms with E-state index in [0.29, 0.717) is 36.5 Å². The van der Waals surface area contributed by atoms with Crippen molar-refractivity contribution in [2.75, 3.05) is 43.6 Å². The van der Waals surface area contributed by atoms with Gasteiger partial charge in [-0.25, -0.2) is 18.7 Å². The highest BCUT2D eigenvalue weighted by Gasteiger charge is 2.23. The van der Waals surface area contributed by atoms with Gasteiger partial charge in [0.1, 0.15) is 11.5 Å². The molecule has 0 spiro atoms. The van der Waals surface area contributed by atoms with E-state index in [1.165, 1.54) is 19.2 Å². The van der Waals surface area contributed by atoms with E-state index in [9.17, 15) is 8.78 Å². The highest BCUT2D eigenvalue weighted by atomic mass is 19.3. The number of ether oxygens (including phenoxy) is 2. The van der Waals surface area contributed by atoms with Gasteiger partial charge in [0.25, 0.3) is 5.92 Å². The van der Waals surface area contributed by atoms with E-state index >= 15 is 0 Å². The highest BCUT2D eigenvalue weighted by Crippen LogP contribution is 2.32. The van der Waals surface area contributed by atoms with Gasteiger partial charge in [-0.1, -0.05) is 38.1 Å². The Bertz CT molecular complexity index is 1040. The average molecular weight is 458 g/mol. The maximum atomic E-state index is 13.5. The summed E-state index contributed by atoms with van der Waals surface area (Å²) in [5, 5.41) is 3.23. The number of morpholine rings is 1. The Balaban J connectivity index is 0.00000149. The molecule has 0 aliphatic carbocycles. The van der Waals surface area contributed by atoms with Crippen molar-refractivity contribution in [3.63, 3.8) is 0 Å². The minimum Gasteiger partial charge on any atom is -0.480 e. The number of rotatable bonds is 6. The van der Waals surface area contributed by atoms with Gasteiger partial charge in [-0.3, -0.25) is 0 Å². The molecule has 0 saturated carbocycles. The summed E-state index contributed by atoms with van der Waals surface area (Å²) in [4.78, 5) is 15.4. The first kappa shape index (κ1) is 24.3. The summed E-state index contributed by atoms with van der Waals surface area (Å²) in [6.45, 7) is 7.63. The number of pyridine rings is 1. The molecule has 3 aromatic rings. The molecule has 9 heteroatoms. The smallest absolute Gasteiger partial charge is 0.270 e. The molecule has 0 amide bonds. The minimum absolute atomic E-state index is 0.0345. The van der Waals surface area contributed by atoms with Gasteiger partial charge in [0.2, 0.25) is 11.8 Å². The lowest BCUT2D eigenvalue weighted by atomic mass is 10.0. The van der Waals surface area contributed by atoms with Crippen LogP contribution in [-0.2, 0) is 10.7 Å². The van der Waals surface area contributed by atoms with Gasteiger partial charge in [0.15, 0.2) is 0 Å². The molecule has 3 heterocycles. The van der Waals surface area contributed by atoms with E-state index in [4.69, 9.17) is 9.47 Å². The van der Waals surface area contributed by atoms with E-state index in [1.54, 1.807) is 30.6 Å². The summed E-state index contributed by atoms with van der Waals surface area (Å²) < 4.78 is 37.8. The van der Waals surface area contributed by atoms with Crippen molar-refractivity contribution in [1.29, 1.82) is 0 Å². The van der Waals surface area contributed by atoms with Crippen LogP contribution in [0, 0.1) is 0 Å². The van der Waals surface area contributed by atoms with Gasteiger partial charge in [-0.05, 0) is 17.7 Å². The van der Waals surface area contributed by atoms with E-state index in [1.807, 2.05) is 19.9 Å². The topological polar surface area (TPSA) is 72.4 Å². The Morgan fingerprint density at radius 3 is 2.36 bits per heavy atom. The van der Waals surface area contributed by atoms with Crippen molar-refractivity contribution in [3.05, 3.63) is 54.4 Å². The van der Waals surface area contributed by atoms with Crippen molar-refractivity contribution < 1.29 is 18.3 Å². The number of hydrogen-bond donors (Lipinski definition) is 1. The third kappa shape index (κ3) is 6.13. The maximum Gasteiger partial charge on any atom is 0.270 e. The van der Waals surface area contributed by atoms with Crippen LogP contribution in [0.4, 0.5) is 26.2 Å². The molecule has 4 rings (SSSR count). The number of nitrogens with one attached hydrogen (secondary N) is 1. The number of methoxy groups -OCH3 is 1. The SMILES string of the molecule is CC.COc1ncc(-c2ccc(C(C)(F)F)cc2)cc1Nc1ccnc(N2CCOCC2)n1.